The molecule has 0 aliphatic carbocycles. The summed E-state index contributed by atoms with van der Waals surface area (Å²) < 4.78 is 0.954. The van der Waals surface area contributed by atoms with Crippen molar-refractivity contribution in [2.75, 3.05) is 12.4 Å². The number of halogens is 3. The summed E-state index contributed by atoms with van der Waals surface area (Å²) in [7, 11) is 0. The molecule has 1 saturated heterocycles. The van der Waals surface area contributed by atoms with Crippen molar-refractivity contribution in [3.8, 4) is 0 Å². The predicted molar refractivity (Wildman–Crippen MR) is 88.2 cm³/mol. The Hall–Kier alpha value is -0.000000000000000111. The van der Waals surface area contributed by atoms with E-state index < -0.39 is 0 Å². The zero-order chi connectivity index (χ0) is 13.8. The maximum absolute atomic E-state index is 12.6. The highest BCUT2D eigenvalue weighted by Crippen LogP contribution is 2.26. The predicted octanol–water partition coefficient (Wildman–Crippen LogP) is 4.57. The summed E-state index contributed by atoms with van der Waals surface area (Å²) in [6, 6.07) is 5.80. The van der Waals surface area contributed by atoms with Gasteiger partial charge in [0, 0.05) is 27.1 Å². The quantitative estimate of drug-likeness (QED) is 0.525. The topological polar surface area (TPSA) is 20.3 Å². The van der Waals surface area contributed by atoms with Gasteiger partial charge in [0.15, 0.2) is 0 Å². The van der Waals surface area contributed by atoms with Gasteiger partial charge in [-0.15, -0.1) is 11.6 Å². The van der Waals surface area contributed by atoms with Crippen LogP contribution in [0.5, 0.6) is 0 Å². The summed E-state index contributed by atoms with van der Waals surface area (Å²) in [5, 5.41) is 0.611. The molecule has 1 aromatic rings. The highest BCUT2D eigenvalue weighted by molar-refractivity contribution is 14.1. The summed E-state index contributed by atoms with van der Waals surface area (Å²) in [6.45, 7) is 0.842. The van der Waals surface area contributed by atoms with Crippen LogP contribution >= 0.6 is 45.8 Å². The average Bonchev–Trinajstić information content (AvgIpc) is 2.86. The molecule has 1 heterocycles. The second-order valence-corrected chi connectivity index (χ2v) is 6.73. The van der Waals surface area contributed by atoms with Crippen molar-refractivity contribution in [1.29, 1.82) is 0 Å². The van der Waals surface area contributed by atoms with Crippen LogP contribution in [-0.4, -0.2) is 29.3 Å². The molecule has 0 bridgehead atoms. The molecule has 0 saturated carbocycles. The van der Waals surface area contributed by atoms with Gasteiger partial charge in [-0.05, 0) is 66.5 Å². The van der Waals surface area contributed by atoms with Gasteiger partial charge < -0.3 is 4.90 Å². The molecule has 19 heavy (non-hydrogen) atoms. The lowest BCUT2D eigenvalue weighted by molar-refractivity contribution is 0.0729. The second kappa shape index (κ2) is 7.14. The van der Waals surface area contributed by atoms with Crippen LogP contribution in [0.1, 0.15) is 36.0 Å². The Morgan fingerprint density at radius 3 is 3.00 bits per heavy atom. The SMILES string of the molecule is O=C(c1cc(Cl)ccc1I)N1CCCC1CCCCl. The lowest BCUT2D eigenvalue weighted by Gasteiger charge is -2.25. The van der Waals surface area contributed by atoms with E-state index in [1.807, 2.05) is 17.0 Å². The first kappa shape index (κ1) is 15.4. The number of carbonyl (C=O) groups excluding carboxylic acids is 1. The molecule has 0 radical (unpaired) electrons. The molecule has 2 rings (SSSR count). The van der Waals surface area contributed by atoms with Gasteiger partial charge in [-0.1, -0.05) is 11.6 Å². The van der Waals surface area contributed by atoms with Crippen molar-refractivity contribution in [3.63, 3.8) is 0 Å². The number of hydrogen-bond donors (Lipinski definition) is 0. The van der Waals surface area contributed by atoms with Crippen LogP contribution in [0.2, 0.25) is 5.02 Å². The first-order valence-corrected chi connectivity index (χ1v) is 8.44. The van der Waals surface area contributed by atoms with Gasteiger partial charge in [-0.3, -0.25) is 4.79 Å². The molecule has 1 unspecified atom stereocenters. The fraction of sp³-hybridized carbons (Fsp3) is 0.500. The highest BCUT2D eigenvalue weighted by atomic mass is 127. The van der Waals surface area contributed by atoms with Crippen molar-refractivity contribution in [2.24, 2.45) is 0 Å². The molecule has 2 nitrogen and oxygen atoms in total. The number of likely N-dealkylation sites (tertiary alicyclic amines) is 1. The fourth-order valence-corrected chi connectivity index (χ4v) is 3.42. The van der Waals surface area contributed by atoms with Crippen molar-refractivity contribution in [2.45, 2.75) is 31.7 Å². The molecular formula is C14H16Cl2INO. The van der Waals surface area contributed by atoms with E-state index in [-0.39, 0.29) is 5.91 Å². The number of nitrogens with zero attached hydrogens (tertiary/aromatic N) is 1. The lowest BCUT2D eigenvalue weighted by atomic mass is 10.1. The monoisotopic (exact) mass is 411 g/mol. The molecule has 0 spiro atoms. The van der Waals surface area contributed by atoms with E-state index in [9.17, 15) is 4.79 Å². The normalized spacial score (nSPS) is 18.9. The molecule has 1 fully saturated rings. The minimum Gasteiger partial charge on any atom is -0.336 e. The zero-order valence-corrected chi connectivity index (χ0v) is 14.2. The van der Waals surface area contributed by atoms with E-state index in [2.05, 4.69) is 22.6 Å². The van der Waals surface area contributed by atoms with Gasteiger partial charge in [-0.2, -0.15) is 0 Å². The van der Waals surface area contributed by atoms with Gasteiger partial charge in [0.05, 0.1) is 5.56 Å². The van der Waals surface area contributed by atoms with Crippen LogP contribution in [0.3, 0.4) is 0 Å². The fourth-order valence-electron chi connectivity index (χ4n) is 2.53. The van der Waals surface area contributed by atoms with Crippen LogP contribution < -0.4 is 0 Å². The summed E-state index contributed by atoms with van der Waals surface area (Å²) in [6.07, 6.45) is 4.12. The van der Waals surface area contributed by atoms with Gasteiger partial charge in [0.1, 0.15) is 0 Å². The maximum Gasteiger partial charge on any atom is 0.255 e. The van der Waals surface area contributed by atoms with Crippen LogP contribution in [0, 0.1) is 3.57 Å². The van der Waals surface area contributed by atoms with Gasteiger partial charge >= 0.3 is 0 Å². The van der Waals surface area contributed by atoms with Gasteiger partial charge in [-0.25, -0.2) is 0 Å². The lowest BCUT2D eigenvalue weighted by Crippen LogP contribution is -2.36. The van der Waals surface area contributed by atoms with Crippen LogP contribution in [0.25, 0.3) is 0 Å². The summed E-state index contributed by atoms with van der Waals surface area (Å²) in [4.78, 5) is 14.6. The third-order valence-electron chi connectivity index (χ3n) is 3.47. The van der Waals surface area contributed by atoms with Gasteiger partial charge in [0.2, 0.25) is 0 Å². The standard InChI is InChI=1S/C14H16Cl2INO/c15-7-1-3-11-4-2-8-18(11)14(19)12-9-10(16)5-6-13(12)17/h5-6,9,11H,1-4,7-8H2. The Balaban J connectivity index is 2.16. The molecule has 1 amide bonds. The summed E-state index contributed by atoms with van der Waals surface area (Å²) >= 11 is 13.9. The summed E-state index contributed by atoms with van der Waals surface area (Å²) in [5.74, 6) is 0.761. The Kier molecular flexibility index (Phi) is 5.78. The maximum atomic E-state index is 12.6. The van der Waals surface area contributed by atoms with Crippen molar-refractivity contribution in [3.05, 3.63) is 32.4 Å². The molecule has 104 valence electrons. The first-order chi connectivity index (χ1) is 9.13. The van der Waals surface area contributed by atoms with Crippen molar-refractivity contribution >= 4 is 51.7 Å². The van der Waals surface area contributed by atoms with Crippen LogP contribution in [0.15, 0.2) is 18.2 Å². The molecule has 0 N–H and O–H groups in total. The first-order valence-electron chi connectivity index (χ1n) is 6.45. The molecule has 1 aliphatic rings. The molecule has 1 aliphatic heterocycles. The van der Waals surface area contributed by atoms with Crippen LogP contribution in [0.4, 0.5) is 0 Å². The third-order valence-corrected chi connectivity index (χ3v) is 4.91. The Bertz CT molecular complexity index is 467. The van der Waals surface area contributed by atoms with E-state index >= 15 is 0 Å². The number of amides is 1. The number of benzene rings is 1. The minimum atomic E-state index is 0.101. The molecule has 5 heteroatoms. The van der Waals surface area contributed by atoms with Crippen molar-refractivity contribution in [1.82, 2.24) is 4.90 Å². The summed E-state index contributed by atoms with van der Waals surface area (Å²) in [5.41, 5.74) is 0.714. The van der Waals surface area contributed by atoms with E-state index in [0.717, 1.165) is 35.8 Å². The zero-order valence-electron chi connectivity index (χ0n) is 10.5. The van der Waals surface area contributed by atoms with Gasteiger partial charge in [0.25, 0.3) is 5.91 Å². The third kappa shape index (κ3) is 3.76. The van der Waals surface area contributed by atoms with Crippen LogP contribution in [-0.2, 0) is 0 Å². The highest BCUT2D eigenvalue weighted by Gasteiger charge is 2.29. The van der Waals surface area contributed by atoms with Crippen molar-refractivity contribution < 1.29 is 4.79 Å². The smallest absolute Gasteiger partial charge is 0.255 e. The van der Waals surface area contributed by atoms with E-state index in [0.29, 0.717) is 22.5 Å². The van der Waals surface area contributed by atoms with E-state index in [1.165, 1.54) is 0 Å². The molecule has 1 atom stereocenters. The Labute approximate surface area is 137 Å². The molecular weight excluding hydrogens is 396 g/mol. The number of carbonyl (C=O) groups is 1. The molecule has 1 aromatic carbocycles. The van der Waals surface area contributed by atoms with E-state index in [4.69, 9.17) is 23.2 Å². The number of hydrogen-bond acceptors (Lipinski definition) is 1. The molecule has 0 aromatic heterocycles. The second-order valence-electron chi connectivity index (χ2n) is 4.75. The Morgan fingerprint density at radius 2 is 2.26 bits per heavy atom. The minimum absolute atomic E-state index is 0.101. The number of rotatable bonds is 4. The average molecular weight is 412 g/mol. The number of alkyl halides is 1. The van der Waals surface area contributed by atoms with E-state index in [1.54, 1.807) is 6.07 Å². The largest absolute Gasteiger partial charge is 0.336 e. The Morgan fingerprint density at radius 1 is 1.47 bits per heavy atom.